The van der Waals surface area contributed by atoms with Gasteiger partial charge in [-0.3, -0.25) is 37.9 Å². The fourth-order valence-corrected chi connectivity index (χ4v) is 5.59. The summed E-state index contributed by atoms with van der Waals surface area (Å²) >= 11 is 0. The Morgan fingerprint density at radius 3 is 1.22 bits per heavy atom. The van der Waals surface area contributed by atoms with Crippen molar-refractivity contribution in [3.05, 3.63) is 0 Å². The number of hydrogen-bond donors (Lipinski definition) is 6. The lowest BCUT2D eigenvalue weighted by Crippen LogP contribution is -2.50. The molecule has 0 radical (unpaired) electrons. The molecular formula is C21H36N2O16P2. The van der Waals surface area contributed by atoms with Gasteiger partial charge in [0.05, 0.1) is 0 Å². The van der Waals surface area contributed by atoms with E-state index in [9.17, 15) is 57.5 Å². The molecule has 2 atom stereocenters. The summed E-state index contributed by atoms with van der Waals surface area (Å²) in [4.78, 5) is 105. The van der Waals surface area contributed by atoms with Gasteiger partial charge in [0.1, 0.15) is 0 Å². The van der Waals surface area contributed by atoms with Crippen molar-refractivity contribution in [3.63, 3.8) is 0 Å². The molecule has 0 saturated carbocycles. The first-order valence-corrected chi connectivity index (χ1v) is 15.3. The molecule has 0 aliphatic heterocycles. The Kier molecular flexibility index (Phi) is 16.0. The van der Waals surface area contributed by atoms with E-state index in [1.807, 2.05) is 10.6 Å². The Morgan fingerprint density at radius 2 is 0.951 bits per heavy atom. The number of carbonyl (C=O) groups excluding carboxylic acids is 6. The van der Waals surface area contributed by atoms with Crippen LogP contribution in [0.25, 0.3) is 0 Å². The van der Waals surface area contributed by atoms with Crippen LogP contribution in [0.4, 0.5) is 0 Å². The second kappa shape index (κ2) is 17.2. The second-order valence-corrected chi connectivity index (χ2v) is 12.9. The molecule has 41 heavy (non-hydrogen) atoms. The van der Waals surface area contributed by atoms with Crippen molar-refractivity contribution in [2.24, 2.45) is 0 Å². The molecule has 0 rings (SSSR count). The molecule has 20 heteroatoms. The van der Waals surface area contributed by atoms with E-state index in [2.05, 4.69) is 9.47 Å². The monoisotopic (exact) mass is 634 g/mol. The molecule has 236 valence electrons. The fraction of sp³-hybridized carbons (Fsp3) is 0.714. The molecule has 0 aliphatic rings. The first-order chi connectivity index (χ1) is 18.7. The van der Waals surface area contributed by atoms with Gasteiger partial charge in [-0.25, -0.2) is 0 Å². The first kappa shape index (κ1) is 38.1. The standard InChI is InChI=1S/C21H36N2O16P2/c1-13(24)36-15(3)38-19(28)9-5-7-17(26)22-11-21(40(30,31)32,41(33,34)35)12-23-18(27)8-6-10-20(29)39-16(4)37-14(2)25/h15-16H,5-12H2,1-4H3,(H,22,26)(H,23,27)(H2,30,31,32)(H2,33,34,35). The van der Waals surface area contributed by atoms with E-state index in [1.165, 1.54) is 13.8 Å². The smallest absolute Gasteiger partial charge is 0.347 e. The van der Waals surface area contributed by atoms with Gasteiger partial charge >= 0.3 is 39.1 Å². The molecule has 6 N–H and O–H groups in total. The molecule has 18 nitrogen and oxygen atoms in total. The van der Waals surface area contributed by atoms with E-state index in [0.717, 1.165) is 13.8 Å². The van der Waals surface area contributed by atoms with Gasteiger partial charge in [0.25, 0.3) is 0 Å². The maximum absolute atomic E-state index is 12.2. The SMILES string of the molecule is CC(=O)OC(C)OC(=O)CCCC(=O)NCC(CNC(=O)CCCC(=O)OC(C)OC(C)=O)(P(=O)(O)O)P(=O)(O)O. The summed E-state index contributed by atoms with van der Waals surface area (Å²) in [5, 5.41) is 4.00. The predicted molar refractivity (Wildman–Crippen MR) is 135 cm³/mol. The Labute approximate surface area is 235 Å². The van der Waals surface area contributed by atoms with Crippen LogP contribution in [0.2, 0.25) is 0 Å². The molecule has 0 bridgehead atoms. The number of rotatable bonds is 18. The normalized spacial score (nSPS) is 13.3. The molecule has 0 aromatic heterocycles. The summed E-state index contributed by atoms with van der Waals surface area (Å²) in [6, 6.07) is 0. The van der Waals surface area contributed by atoms with E-state index in [1.54, 1.807) is 0 Å². The summed E-state index contributed by atoms with van der Waals surface area (Å²) in [5.41, 5.74) is 0. The van der Waals surface area contributed by atoms with Crippen molar-refractivity contribution in [3.8, 4) is 0 Å². The quantitative estimate of drug-likeness (QED) is 0.0630. The average Bonchev–Trinajstić information content (AvgIpc) is 2.75. The highest BCUT2D eigenvalue weighted by atomic mass is 31.2. The molecule has 0 spiro atoms. The number of ether oxygens (including phenoxy) is 4. The molecule has 0 heterocycles. The summed E-state index contributed by atoms with van der Waals surface area (Å²) in [5.74, 6) is -4.86. The summed E-state index contributed by atoms with van der Waals surface area (Å²) in [6.07, 6.45) is -4.03. The Balaban J connectivity index is 5.02. The summed E-state index contributed by atoms with van der Waals surface area (Å²) in [7, 11) is -11.4. The van der Waals surface area contributed by atoms with Crippen LogP contribution in [0.5, 0.6) is 0 Å². The Bertz CT molecular complexity index is 970. The fourth-order valence-electron chi connectivity index (χ4n) is 3.09. The van der Waals surface area contributed by atoms with Crippen LogP contribution in [-0.2, 0) is 56.8 Å². The van der Waals surface area contributed by atoms with Crippen molar-refractivity contribution in [2.45, 2.75) is 83.7 Å². The third-order valence-electron chi connectivity index (χ3n) is 5.05. The molecule has 0 aromatic carbocycles. The highest BCUT2D eigenvalue weighted by Gasteiger charge is 2.60. The van der Waals surface area contributed by atoms with Crippen molar-refractivity contribution >= 4 is 50.9 Å². The van der Waals surface area contributed by atoms with E-state index in [0.29, 0.717) is 0 Å². The lowest BCUT2D eigenvalue weighted by molar-refractivity contribution is -0.184. The minimum absolute atomic E-state index is 0.130. The number of carbonyl (C=O) groups is 6. The van der Waals surface area contributed by atoms with Gasteiger partial charge in [-0.15, -0.1) is 0 Å². The van der Waals surface area contributed by atoms with Gasteiger partial charge in [0.2, 0.25) is 29.3 Å². The van der Waals surface area contributed by atoms with Crippen molar-refractivity contribution in [1.29, 1.82) is 0 Å². The minimum Gasteiger partial charge on any atom is -0.426 e. The van der Waals surface area contributed by atoms with Crippen LogP contribution in [0.1, 0.15) is 66.2 Å². The van der Waals surface area contributed by atoms with E-state index in [4.69, 9.17) is 9.47 Å². The average molecular weight is 634 g/mol. The van der Waals surface area contributed by atoms with Gasteiger partial charge in [0.15, 0.2) is 0 Å². The predicted octanol–water partition coefficient (Wildman–Crippen LogP) is -0.484. The highest BCUT2D eigenvalue weighted by Crippen LogP contribution is 2.68. The van der Waals surface area contributed by atoms with Crippen LogP contribution >= 0.6 is 15.2 Å². The lowest BCUT2D eigenvalue weighted by Gasteiger charge is -2.34. The molecule has 2 amide bonds. The van der Waals surface area contributed by atoms with Crippen molar-refractivity contribution < 1.29 is 76.4 Å². The zero-order valence-corrected chi connectivity index (χ0v) is 24.7. The zero-order chi connectivity index (χ0) is 32.0. The zero-order valence-electron chi connectivity index (χ0n) is 22.9. The molecule has 0 saturated heterocycles. The van der Waals surface area contributed by atoms with Gasteiger partial charge < -0.3 is 49.2 Å². The van der Waals surface area contributed by atoms with Crippen LogP contribution in [0.3, 0.4) is 0 Å². The summed E-state index contributed by atoms with van der Waals surface area (Å²) in [6.45, 7) is 2.30. The van der Waals surface area contributed by atoms with Gasteiger partial charge in [-0.2, -0.15) is 0 Å². The Hall–Kier alpha value is -2.88. The topological polar surface area (TPSA) is 278 Å². The van der Waals surface area contributed by atoms with Crippen LogP contribution in [0.15, 0.2) is 0 Å². The van der Waals surface area contributed by atoms with Gasteiger partial charge in [0, 0.05) is 66.5 Å². The number of amides is 2. The minimum atomic E-state index is -5.70. The molecule has 2 unspecified atom stereocenters. The maximum atomic E-state index is 12.2. The maximum Gasteiger partial charge on any atom is 0.347 e. The van der Waals surface area contributed by atoms with Gasteiger partial charge in [-0.05, 0) is 12.8 Å². The largest absolute Gasteiger partial charge is 0.426 e. The molecular weight excluding hydrogens is 598 g/mol. The first-order valence-electron chi connectivity index (χ1n) is 12.1. The third-order valence-corrected chi connectivity index (χ3v) is 9.41. The van der Waals surface area contributed by atoms with Crippen LogP contribution in [0, 0.1) is 0 Å². The highest BCUT2D eigenvalue weighted by molar-refractivity contribution is 7.72. The third kappa shape index (κ3) is 15.1. The number of hydrogen-bond acceptors (Lipinski definition) is 12. The number of esters is 4. The molecule has 0 aromatic rings. The molecule has 0 fully saturated rings. The summed E-state index contributed by atoms with van der Waals surface area (Å²) < 4.78 is 43.2. The van der Waals surface area contributed by atoms with E-state index in [-0.39, 0.29) is 25.7 Å². The van der Waals surface area contributed by atoms with E-state index >= 15 is 0 Å². The van der Waals surface area contributed by atoms with Crippen molar-refractivity contribution in [1.82, 2.24) is 10.6 Å². The van der Waals surface area contributed by atoms with Crippen LogP contribution in [-0.4, -0.2) is 85.8 Å². The second-order valence-electron chi connectivity index (χ2n) is 8.66. The molecule has 0 aliphatic carbocycles. The lowest BCUT2D eigenvalue weighted by atomic mass is 10.2. The number of nitrogens with one attached hydrogen (secondary N) is 2. The van der Waals surface area contributed by atoms with Crippen LogP contribution < -0.4 is 10.6 Å². The Morgan fingerprint density at radius 1 is 0.634 bits per heavy atom. The van der Waals surface area contributed by atoms with Crippen molar-refractivity contribution in [2.75, 3.05) is 13.1 Å². The van der Waals surface area contributed by atoms with E-state index < -0.39 is 94.3 Å². The van der Waals surface area contributed by atoms with Gasteiger partial charge in [-0.1, -0.05) is 0 Å².